The van der Waals surface area contributed by atoms with Crippen molar-refractivity contribution in [3.63, 3.8) is 0 Å². The van der Waals surface area contributed by atoms with Gasteiger partial charge in [0.2, 0.25) is 5.91 Å². The van der Waals surface area contributed by atoms with Crippen LogP contribution >= 0.6 is 0 Å². The molecule has 0 radical (unpaired) electrons. The Labute approximate surface area is 102 Å². The topological polar surface area (TPSA) is 57.6 Å². The third-order valence-electron chi connectivity index (χ3n) is 3.07. The molecule has 0 aromatic rings. The lowest BCUT2D eigenvalue weighted by Gasteiger charge is -2.25. The average Bonchev–Trinajstić information content (AvgIpc) is 2.76. The van der Waals surface area contributed by atoms with Gasteiger partial charge in [-0.05, 0) is 25.7 Å². The molecule has 0 aromatic heterocycles. The van der Waals surface area contributed by atoms with Gasteiger partial charge in [-0.1, -0.05) is 12.2 Å². The summed E-state index contributed by atoms with van der Waals surface area (Å²) in [6.45, 7) is 7.79. The maximum Gasteiger partial charge on any atom is 0.326 e. The SMILES string of the molecule is C=CCC(CC=C)C(=O)N1CCCC1C(=O)O. The van der Waals surface area contributed by atoms with E-state index in [1.807, 2.05) is 0 Å². The maximum absolute atomic E-state index is 12.2. The predicted octanol–water partition coefficient (Wildman–Crippen LogP) is 1.83. The van der Waals surface area contributed by atoms with E-state index in [-0.39, 0.29) is 11.8 Å². The molecule has 1 fully saturated rings. The van der Waals surface area contributed by atoms with Gasteiger partial charge in [0.15, 0.2) is 0 Å². The van der Waals surface area contributed by atoms with E-state index in [0.717, 1.165) is 6.42 Å². The molecule has 1 aliphatic rings. The highest BCUT2D eigenvalue weighted by Gasteiger charge is 2.36. The van der Waals surface area contributed by atoms with Crippen molar-refractivity contribution < 1.29 is 14.7 Å². The minimum atomic E-state index is -0.910. The lowest BCUT2D eigenvalue weighted by molar-refractivity contribution is -0.149. The molecule has 0 aliphatic carbocycles. The quantitative estimate of drug-likeness (QED) is 0.717. The molecule has 1 rings (SSSR count). The number of aliphatic carboxylic acids is 1. The summed E-state index contributed by atoms with van der Waals surface area (Å²) in [5.41, 5.74) is 0. The first-order chi connectivity index (χ1) is 8.11. The van der Waals surface area contributed by atoms with Gasteiger partial charge in [-0.2, -0.15) is 0 Å². The van der Waals surface area contributed by atoms with Crippen molar-refractivity contribution in [1.29, 1.82) is 0 Å². The smallest absolute Gasteiger partial charge is 0.326 e. The number of allylic oxidation sites excluding steroid dienone is 2. The van der Waals surface area contributed by atoms with Crippen LogP contribution in [-0.4, -0.2) is 34.5 Å². The van der Waals surface area contributed by atoms with E-state index in [4.69, 9.17) is 5.11 Å². The van der Waals surface area contributed by atoms with Crippen LogP contribution in [0.2, 0.25) is 0 Å². The Morgan fingerprint density at radius 1 is 1.35 bits per heavy atom. The summed E-state index contributed by atoms with van der Waals surface area (Å²) < 4.78 is 0. The lowest BCUT2D eigenvalue weighted by atomic mass is 9.99. The minimum Gasteiger partial charge on any atom is -0.480 e. The zero-order valence-electron chi connectivity index (χ0n) is 9.97. The number of carbonyl (C=O) groups is 2. The predicted molar refractivity (Wildman–Crippen MR) is 65.5 cm³/mol. The number of carboxylic acids is 1. The molecule has 4 nitrogen and oxygen atoms in total. The number of hydrogen-bond donors (Lipinski definition) is 1. The monoisotopic (exact) mass is 237 g/mol. The number of nitrogens with zero attached hydrogens (tertiary/aromatic N) is 1. The van der Waals surface area contributed by atoms with Crippen molar-refractivity contribution in [1.82, 2.24) is 4.90 Å². The average molecular weight is 237 g/mol. The van der Waals surface area contributed by atoms with Gasteiger partial charge in [0.25, 0.3) is 0 Å². The Morgan fingerprint density at radius 3 is 2.41 bits per heavy atom. The molecule has 1 unspecified atom stereocenters. The molecule has 1 heterocycles. The molecular formula is C13H19NO3. The Kier molecular flexibility index (Phi) is 4.94. The van der Waals surface area contributed by atoms with E-state index in [2.05, 4.69) is 13.2 Å². The first kappa shape index (κ1) is 13.5. The van der Waals surface area contributed by atoms with Crippen LogP contribution in [0.1, 0.15) is 25.7 Å². The molecule has 0 aromatic carbocycles. The first-order valence-corrected chi connectivity index (χ1v) is 5.86. The van der Waals surface area contributed by atoms with Gasteiger partial charge < -0.3 is 10.0 Å². The highest BCUT2D eigenvalue weighted by molar-refractivity contribution is 5.85. The van der Waals surface area contributed by atoms with Crippen LogP contribution in [0.3, 0.4) is 0 Å². The van der Waals surface area contributed by atoms with Crippen LogP contribution < -0.4 is 0 Å². The molecule has 4 heteroatoms. The van der Waals surface area contributed by atoms with E-state index in [9.17, 15) is 9.59 Å². The molecule has 94 valence electrons. The number of hydrogen-bond acceptors (Lipinski definition) is 2. The van der Waals surface area contributed by atoms with E-state index in [1.165, 1.54) is 4.90 Å². The zero-order chi connectivity index (χ0) is 12.8. The van der Waals surface area contributed by atoms with Crippen molar-refractivity contribution in [2.75, 3.05) is 6.54 Å². The first-order valence-electron chi connectivity index (χ1n) is 5.86. The van der Waals surface area contributed by atoms with Gasteiger partial charge in [-0.25, -0.2) is 4.79 Å². The summed E-state index contributed by atoms with van der Waals surface area (Å²) in [6, 6.07) is -0.653. The van der Waals surface area contributed by atoms with Crippen LogP contribution in [0, 0.1) is 5.92 Å². The van der Waals surface area contributed by atoms with Gasteiger partial charge in [0.05, 0.1) is 0 Å². The number of likely N-dealkylation sites (tertiary alicyclic amines) is 1. The lowest BCUT2D eigenvalue weighted by Crippen LogP contribution is -2.43. The van der Waals surface area contributed by atoms with E-state index in [1.54, 1.807) is 12.2 Å². The summed E-state index contributed by atoms with van der Waals surface area (Å²) >= 11 is 0. The molecule has 1 amide bonds. The highest BCUT2D eigenvalue weighted by Crippen LogP contribution is 2.23. The van der Waals surface area contributed by atoms with Crippen LogP contribution in [0.25, 0.3) is 0 Å². The number of carboxylic acid groups (broad SMARTS) is 1. The molecule has 0 spiro atoms. The fourth-order valence-corrected chi connectivity index (χ4v) is 2.22. The largest absolute Gasteiger partial charge is 0.480 e. The van der Waals surface area contributed by atoms with Crippen LogP contribution in [0.5, 0.6) is 0 Å². The summed E-state index contributed by atoms with van der Waals surface area (Å²) in [5.74, 6) is -1.22. The van der Waals surface area contributed by atoms with Crippen molar-refractivity contribution in [2.24, 2.45) is 5.92 Å². The third kappa shape index (κ3) is 3.19. The highest BCUT2D eigenvalue weighted by atomic mass is 16.4. The summed E-state index contributed by atoms with van der Waals surface area (Å²) in [6.07, 6.45) is 5.82. The van der Waals surface area contributed by atoms with E-state index in [0.29, 0.717) is 25.8 Å². The van der Waals surface area contributed by atoms with Gasteiger partial charge in [-0.3, -0.25) is 4.79 Å². The summed E-state index contributed by atoms with van der Waals surface area (Å²) in [5, 5.41) is 9.04. The van der Waals surface area contributed by atoms with Crippen molar-refractivity contribution >= 4 is 11.9 Å². The van der Waals surface area contributed by atoms with Crippen LogP contribution in [0.4, 0.5) is 0 Å². The summed E-state index contributed by atoms with van der Waals surface area (Å²) in [4.78, 5) is 24.7. The number of rotatable bonds is 6. The van der Waals surface area contributed by atoms with E-state index < -0.39 is 12.0 Å². The van der Waals surface area contributed by atoms with Crippen LogP contribution in [0.15, 0.2) is 25.3 Å². The summed E-state index contributed by atoms with van der Waals surface area (Å²) in [7, 11) is 0. The Balaban J connectivity index is 2.74. The normalized spacial score (nSPS) is 19.4. The standard InChI is InChI=1S/C13H19NO3/c1-3-6-10(7-4-2)12(15)14-9-5-8-11(14)13(16)17/h3-4,10-11H,1-2,5-9H2,(H,16,17). The Bertz CT molecular complexity index is 315. The molecule has 1 aliphatic heterocycles. The van der Waals surface area contributed by atoms with E-state index >= 15 is 0 Å². The Morgan fingerprint density at radius 2 is 1.94 bits per heavy atom. The number of amides is 1. The second-order valence-corrected chi connectivity index (χ2v) is 4.27. The van der Waals surface area contributed by atoms with Crippen LogP contribution in [-0.2, 0) is 9.59 Å². The fourth-order valence-electron chi connectivity index (χ4n) is 2.22. The zero-order valence-corrected chi connectivity index (χ0v) is 9.97. The second-order valence-electron chi connectivity index (χ2n) is 4.27. The van der Waals surface area contributed by atoms with Crippen molar-refractivity contribution in [3.8, 4) is 0 Å². The van der Waals surface area contributed by atoms with Gasteiger partial charge in [-0.15, -0.1) is 13.2 Å². The minimum absolute atomic E-state index is 0.0882. The molecule has 1 atom stereocenters. The Hall–Kier alpha value is -1.58. The molecule has 0 bridgehead atoms. The van der Waals surface area contributed by atoms with Crippen molar-refractivity contribution in [3.05, 3.63) is 25.3 Å². The van der Waals surface area contributed by atoms with Gasteiger partial charge in [0, 0.05) is 12.5 Å². The molecule has 1 N–H and O–H groups in total. The van der Waals surface area contributed by atoms with Gasteiger partial charge in [0.1, 0.15) is 6.04 Å². The van der Waals surface area contributed by atoms with Gasteiger partial charge >= 0.3 is 5.97 Å². The molecular weight excluding hydrogens is 218 g/mol. The fraction of sp³-hybridized carbons (Fsp3) is 0.538. The molecule has 1 saturated heterocycles. The second kappa shape index (κ2) is 6.23. The molecule has 0 saturated carbocycles. The maximum atomic E-state index is 12.2. The number of carbonyl (C=O) groups excluding carboxylic acids is 1. The van der Waals surface area contributed by atoms with Crippen molar-refractivity contribution in [2.45, 2.75) is 31.7 Å². The molecule has 17 heavy (non-hydrogen) atoms. The third-order valence-corrected chi connectivity index (χ3v) is 3.07.